The second kappa shape index (κ2) is 11.8. The van der Waals surface area contributed by atoms with Gasteiger partial charge in [0.15, 0.2) is 6.23 Å². The fourth-order valence-electron chi connectivity index (χ4n) is 3.59. The van der Waals surface area contributed by atoms with Crippen LogP contribution in [0.2, 0.25) is 0 Å². The number of hydrogen-bond acceptors (Lipinski definition) is 2. The van der Waals surface area contributed by atoms with E-state index in [0.717, 1.165) is 38.9 Å². The highest BCUT2D eigenvalue weighted by Crippen LogP contribution is 2.22. The Kier molecular flexibility index (Phi) is 10.5. The van der Waals surface area contributed by atoms with Crippen LogP contribution in [0.5, 0.6) is 0 Å². The first kappa shape index (κ1) is 20.4. The highest BCUT2D eigenvalue weighted by molar-refractivity contribution is 5.76. The van der Waals surface area contributed by atoms with Crippen molar-refractivity contribution < 1.29 is 9.59 Å². The van der Waals surface area contributed by atoms with Crippen molar-refractivity contribution in [3.05, 3.63) is 12.2 Å². The maximum Gasteiger partial charge on any atom is 0.200 e. The molecule has 0 aliphatic carbocycles. The summed E-state index contributed by atoms with van der Waals surface area (Å²) >= 11 is 0. The molecule has 1 aliphatic heterocycles. The van der Waals surface area contributed by atoms with Gasteiger partial charge in [0.1, 0.15) is 6.54 Å². The number of unbranched alkanes of at least 4 members (excludes halogenated alkanes) is 7. The summed E-state index contributed by atoms with van der Waals surface area (Å²) in [6, 6.07) is 0. The van der Waals surface area contributed by atoms with Crippen LogP contribution >= 0.6 is 0 Å². The second-order valence-electron chi connectivity index (χ2n) is 6.92. The predicted octanol–water partition coefficient (Wildman–Crippen LogP) is 5.05. The largest absolute Gasteiger partial charge is 0.345 e. The van der Waals surface area contributed by atoms with Gasteiger partial charge in [0.05, 0.1) is 13.1 Å². The van der Waals surface area contributed by atoms with E-state index >= 15 is 0 Å². The molecular weight excluding hydrogens is 284 g/mol. The van der Waals surface area contributed by atoms with Gasteiger partial charge in [0.25, 0.3) is 0 Å². The Morgan fingerprint density at radius 2 is 1.70 bits per heavy atom. The van der Waals surface area contributed by atoms with Gasteiger partial charge >= 0.3 is 0 Å². The molecule has 0 radical (unpaired) electrons. The predicted molar refractivity (Wildman–Crippen MR) is 101 cm³/mol. The van der Waals surface area contributed by atoms with E-state index in [9.17, 15) is 5.11 Å². The number of rotatable bonds is 13. The molecule has 0 fully saturated rings. The van der Waals surface area contributed by atoms with E-state index in [0.29, 0.717) is 4.48 Å². The fourth-order valence-corrected chi connectivity index (χ4v) is 3.59. The third kappa shape index (κ3) is 6.76. The van der Waals surface area contributed by atoms with Crippen LogP contribution in [0, 0.1) is 0 Å². The smallest absolute Gasteiger partial charge is 0.200 e. The van der Waals surface area contributed by atoms with Gasteiger partial charge in [-0.15, -0.1) is 0 Å². The van der Waals surface area contributed by atoms with Gasteiger partial charge in [-0.1, -0.05) is 51.2 Å². The number of quaternary nitrogens is 1. The molecule has 0 amide bonds. The van der Waals surface area contributed by atoms with Crippen LogP contribution in [-0.4, -0.2) is 41.3 Å². The number of likely N-dealkylation sites (N-methyl/N-ethyl adjacent to an activating group) is 1. The normalized spacial score (nSPS) is 22.7. The lowest BCUT2D eigenvalue weighted by Crippen LogP contribution is -2.56. The Hall–Kier alpha value is -0.670. The average molecular weight is 324 g/mol. The zero-order valence-electron chi connectivity index (χ0n) is 15.8. The zero-order valence-corrected chi connectivity index (χ0v) is 15.8. The average Bonchev–Trinajstić information content (AvgIpc) is 2.97. The van der Waals surface area contributed by atoms with E-state index < -0.39 is 0 Å². The third-order valence-electron chi connectivity index (χ3n) is 5.25. The quantitative estimate of drug-likeness (QED) is 0.287. The molecule has 0 spiro atoms. The molecule has 1 heterocycles. The molecule has 0 saturated heterocycles. The Morgan fingerprint density at radius 1 is 1.04 bits per heavy atom. The topological polar surface area (TPSA) is 32.6 Å². The maximum absolute atomic E-state index is 10.1. The Morgan fingerprint density at radius 3 is 2.35 bits per heavy atom. The van der Waals surface area contributed by atoms with Crippen LogP contribution in [0.15, 0.2) is 17.1 Å². The van der Waals surface area contributed by atoms with E-state index in [1.807, 2.05) is 6.92 Å². The van der Waals surface area contributed by atoms with Crippen LogP contribution in [-0.2, 0) is 0 Å². The number of amidine groups is 1. The summed E-state index contributed by atoms with van der Waals surface area (Å²) in [5, 5.41) is 10.1. The minimum Gasteiger partial charge on any atom is -0.345 e. The van der Waals surface area contributed by atoms with Crippen molar-refractivity contribution in [1.29, 1.82) is 0 Å². The lowest BCUT2D eigenvalue weighted by molar-refractivity contribution is -0.882. The van der Waals surface area contributed by atoms with Crippen molar-refractivity contribution in [2.24, 2.45) is 4.99 Å². The molecule has 0 aromatic heterocycles. The van der Waals surface area contributed by atoms with Crippen molar-refractivity contribution in [1.82, 2.24) is 0 Å². The minimum atomic E-state index is -0.329. The van der Waals surface area contributed by atoms with Gasteiger partial charge in [0, 0.05) is 13.3 Å². The van der Waals surface area contributed by atoms with Crippen molar-refractivity contribution in [2.45, 2.75) is 91.2 Å². The molecule has 2 unspecified atom stereocenters. The summed E-state index contributed by atoms with van der Waals surface area (Å²) in [6.07, 6.45) is 17.2. The van der Waals surface area contributed by atoms with E-state index in [-0.39, 0.29) is 6.23 Å². The first-order valence-corrected chi connectivity index (χ1v) is 9.91. The van der Waals surface area contributed by atoms with Gasteiger partial charge in [-0.3, -0.25) is 4.48 Å². The number of aliphatic hydroxyl groups is 1. The molecule has 134 valence electrons. The number of hydrogen-bond donors (Lipinski definition) is 1. The van der Waals surface area contributed by atoms with E-state index in [2.05, 4.69) is 31.0 Å². The molecule has 0 aromatic carbocycles. The first-order chi connectivity index (χ1) is 11.2. The monoisotopic (exact) mass is 323 g/mol. The fraction of sp³-hybridized carbons (Fsp3) is 0.850. The Bertz CT molecular complexity index is 363. The van der Waals surface area contributed by atoms with Gasteiger partial charge in [0.2, 0.25) is 5.84 Å². The summed E-state index contributed by atoms with van der Waals surface area (Å²) < 4.78 is 0.696. The molecule has 1 rings (SSSR count). The minimum absolute atomic E-state index is 0.329. The summed E-state index contributed by atoms with van der Waals surface area (Å²) in [5.41, 5.74) is 0. The summed E-state index contributed by atoms with van der Waals surface area (Å²) in [6.45, 7) is 9.13. The van der Waals surface area contributed by atoms with Gasteiger partial charge < -0.3 is 5.11 Å². The number of aliphatic hydroxyl groups excluding tert-OH is 1. The van der Waals surface area contributed by atoms with Gasteiger partial charge in [-0.2, -0.15) is 0 Å². The Balaban J connectivity index is 2.11. The molecule has 23 heavy (non-hydrogen) atoms. The third-order valence-corrected chi connectivity index (χ3v) is 5.25. The number of nitrogens with zero attached hydrogens (tertiary/aromatic N) is 2. The standard InChI is InChI=1S/C20H39N2O/c1-4-6-7-8-9-10-11-12-13-14-15-16-20-21-17-18-22(20,5-2)19(3)23/h12-13,19,23H,4-11,14-18H2,1-3H3/q+1/b13-12+. The van der Waals surface area contributed by atoms with Crippen molar-refractivity contribution in [3.8, 4) is 0 Å². The molecule has 0 aromatic rings. The van der Waals surface area contributed by atoms with Crippen LogP contribution in [0.25, 0.3) is 0 Å². The maximum atomic E-state index is 10.1. The van der Waals surface area contributed by atoms with E-state index in [1.54, 1.807) is 0 Å². The van der Waals surface area contributed by atoms with E-state index in [1.165, 1.54) is 50.8 Å². The summed E-state index contributed by atoms with van der Waals surface area (Å²) in [7, 11) is 0. The molecular formula is C20H39N2O+. The lowest BCUT2D eigenvalue weighted by atomic mass is 10.1. The number of aliphatic imine (C=N–C) groups is 1. The molecule has 0 saturated carbocycles. The molecule has 3 heteroatoms. The van der Waals surface area contributed by atoms with Crippen LogP contribution in [0.1, 0.15) is 85.0 Å². The highest BCUT2D eigenvalue weighted by atomic mass is 16.3. The van der Waals surface area contributed by atoms with Gasteiger partial charge in [-0.25, -0.2) is 4.99 Å². The summed E-state index contributed by atoms with van der Waals surface area (Å²) in [4.78, 5) is 4.67. The lowest BCUT2D eigenvalue weighted by Gasteiger charge is -2.36. The number of allylic oxidation sites excluding steroid dienone is 2. The molecule has 2 atom stereocenters. The molecule has 3 nitrogen and oxygen atoms in total. The molecule has 1 aliphatic rings. The van der Waals surface area contributed by atoms with Crippen LogP contribution in [0.3, 0.4) is 0 Å². The second-order valence-corrected chi connectivity index (χ2v) is 6.92. The molecule has 1 N–H and O–H groups in total. The SMILES string of the molecule is CCCCCCCC/C=C/CCCC1=NCC[N+]1(CC)C(C)O. The van der Waals surface area contributed by atoms with Crippen LogP contribution in [0.4, 0.5) is 0 Å². The van der Waals surface area contributed by atoms with E-state index in [4.69, 9.17) is 0 Å². The van der Waals surface area contributed by atoms with Gasteiger partial charge in [-0.05, 0) is 32.6 Å². The van der Waals surface area contributed by atoms with Crippen LogP contribution < -0.4 is 0 Å². The summed E-state index contributed by atoms with van der Waals surface area (Å²) in [5.74, 6) is 1.21. The zero-order chi connectivity index (χ0) is 17.0. The van der Waals surface area contributed by atoms with Crippen molar-refractivity contribution in [3.63, 3.8) is 0 Å². The Labute approximate surface area is 144 Å². The highest BCUT2D eigenvalue weighted by Gasteiger charge is 2.40. The first-order valence-electron chi connectivity index (χ1n) is 9.91. The molecule has 0 bridgehead atoms. The van der Waals surface area contributed by atoms with Crippen molar-refractivity contribution >= 4 is 5.84 Å². The van der Waals surface area contributed by atoms with Crippen molar-refractivity contribution in [2.75, 3.05) is 19.6 Å².